The van der Waals surface area contributed by atoms with E-state index < -0.39 is 6.10 Å². The van der Waals surface area contributed by atoms with Crippen molar-refractivity contribution in [2.24, 2.45) is 0 Å². The number of rotatable bonds is 1. The minimum absolute atomic E-state index is 0.487. The lowest BCUT2D eigenvalue weighted by Gasteiger charge is -2.03. The average molecular weight is 174 g/mol. The van der Waals surface area contributed by atoms with Crippen molar-refractivity contribution in [3.63, 3.8) is 0 Å². The van der Waals surface area contributed by atoms with E-state index in [4.69, 9.17) is 0 Å². The first-order valence-electron chi connectivity index (χ1n) is 4.16. The molecule has 0 saturated carbocycles. The van der Waals surface area contributed by atoms with E-state index >= 15 is 0 Å². The zero-order valence-electron chi connectivity index (χ0n) is 7.31. The van der Waals surface area contributed by atoms with E-state index in [0.29, 0.717) is 0 Å². The van der Waals surface area contributed by atoms with Gasteiger partial charge in [-0.05, 0) is 25.1 Å². The molecule has 2 aromatic heterocycles. The third kappa shape index (κ3) is 1.51. The molecule has 0 aromatic carbocycles. The summed E-state index contributed by atoms with van der Waals surface area (Å²) in [5.74, 6) is 0. The van der Waals surface area contributed by atoms with Crippen molar-refractivity contribution in [3.8, 4) is 0 Å². The molecule has 0 amide bonds. The van der Waals surface area contributed by atoms with Crippen molar-refractivity contribution in [2.45, 2.75) is 13.0 Å². The standard InChI is InChI=1S/C10H10N2O/c1-7(13)8-5-10-9(12-6-8)3-2-4-11-10/h2-7,13H,1H3. The minimum Gasteiger partial charge on any atom is -0.389 e. The van der Waals surface area contributed by atoms with Gasteiger partial charge in [0.1, 0.15) is 0 Å². The van der Waals surface area contributed by atoms with Gasteiger partial charge in [-0.25, -0.2) is 0 Å². The van der Waals surface area contributed by atoms with Crippen LogP contribution in [0.3, 0.4) is 0 Å². The van der Waals surface area contributed by atoms with Crippen LogP contribution in [-0.4, -0.2) is 15.1 Å². The lowest BCUT2D eigenvalue weighted by Crippen LogP contribution is -1.93. The molecule has 2 aromatic rings. The van der Waals surface area contributed by atoms with E-state index in [1.807, 2.05) is 18.2 Å². The number of pyridine rings is 2. The summed E-state index contributed by atoms with van der Waals surface area (Å²) in [5.41, 5.74) is 2.47. The summed E-state index contributed by atoms with van der Waals surface area (Å²) in [4.78, 5) is 8.33. The van der Waals surface area contributed by atoms with E-state index in [1.165, 1.54) is 0 Å². The highest BCUT2D eigenvalue weighted by atomic mass is 16.3. The van der Waals surface area contributed by atoms with Gasteiger partial charge >= 0.3 is 0 Å². The summed E-state index contributed by atoms with van der Waals surface area (Å²) in [6.45, 7) is 1.71. The van der Waals surface area contributed by atoms with Crippen LogP contribution >= 0.6 is 0 Å². The third-order valence-corrected chi connectivity index (χ3v) is 1.95. The molecule has 0 bridgehead atoms. The Bertz CT molecular complexity index is 426. The zero-order chi connectivity index (χ0) is 9.26. The van der Waals surface area contributed by atoms with Crippen LogP contribution in [0.15, 0.2) is 30.6 Å². The molecule has 0 radical (unpaired) electrons. The molecule has 1 unspecified atom stereocenters. The maximum Gasteiger partial charge on any atom is 0.0890 e. The van der Waals surface area contributed by atoms with Crippen molar-refractivity contribution in [2.75, 3.05) is 0 Å². The van der Waals surface area contributed by atoms with Gasteiger partial charge in [0.2, 0.25) is 0 Å². The molecule has 3 nitrogen and oxygen atoms in total. The summed E-state index contributed by atoms with van der Waals surface area (Å²) >= 11 is 0. The zero-order valence-corrected chi connectivity index (χ0v) is 7.31. The highest BCUT2D eigenvalue weighted by Crippen LogP contribution is 2.15. The normalized spacial score (nSPS) is 13.1. The second kappa shape index (κ2) is 3.11. The second-order valence-corrected chi connectivity index (χ2v) is 2.99. The van der Waals surface area contributed by atoms with Gasteiger partial charge in [-0.1, -0.05) is 0 Å². The van der Waals surface area contributed by atoms with E-state index in [1.54, 1.807) is 19.3 Å². The van der Waals surface area contributed by atoms with Gasteiger partial charge < -0.3 is 5.11 Å². The molecule has 2 rings (SSSR count). The predicted octanol–water partition coefficient (Wildman–Crippen LogP) is 1.68. The van der Waals surface area contributed by atoms with Crippen LogP contribution in [0.1, 0.15) is 18.6 Å². The molecule has 0 aliphatic carbocycles. The van der Waals surface area contributed by atoms with Crippen molar-refractivity contribution in [1.82, 2.24) is 9.97 Å². The van der Waals surface area contributed by atoms with Crippen LogP contribution in [-0.2, 0) is 0 Å². The fourth-order valence-corrected chi connectivity index (χ4v) is 1.20. The molecule has 2 heterocycles. The molecular formula is C10H10N2O. The molecular weight excluding hydrogens is 164 g/mol. The van der Waals surface area contributed by atoms with Crippen LogP contribution < -0.4 is 0 Å². The largest absolute Gasteiger partial charge is 0.389 e. The number of fused-ring (bicyclic) bond motifs is 1. The van der Waals surface area contributed by atoms with Crippen LogP contribution in [0.25, 0.3) is 11.0 Å². The van der Waals surface area contributed by atoms with Gasteiger partial charge in [0.15, 0.2) is 0 Å². The average Bonchev–Trinajstić information content (AvgIpc) is 2.17. The van der Waals surface area contributed by atoms with Gasteiger partial charge in [0.05, 0.1) is 17.1 Å². The van der Waals surface area contributed by atoms with Crippen LogP contribution in [0.2, 0.25) is 0 Å². The maximum absolute atomic E-state index is 9.32. The number of aromatic nitrogens is 2. The quantitative estimate of drug-likeness (QED) is 0.715. The summed E-state index contributed by atoms with van der Waals surface area (Å²) in [6, 6.07) is 5.60. The Kier molecular flexibility index (Phi) is 1.94. The smallest absolute Gasteiger partial charge is 0.0890 e. The van der Waals surface area contributed by atoms with Crippen molar-refractivity contribution >= 4 is 11.0 Å². The molecule has 13 heavy (non-hydrogen) atoms. The molecule has 0 fully saturated rings. The van der Waals surface area contributed by atoms with Crippen LogP contribution in [0.4, 0.5) is 0 Å². The molecule has 0 spiro atoms. The van der Waals surface area contributed by atoms with E-state index in [9.17, 15) is 5.11 Å². The Labute approximate surface area is 76.1 Å². The maximum atomic E-state index is 9.32. The Balaban J connectivity index is 2.62. The molecule has 1 N–H and O–H groups in total. The first-order valence-corrected chi connectivity index (χ1v) is 4.16. The fraction of sp³-hybridized carbons (Fsp3) is 0.200. The highest BCUT2D eigenvalue weighted by molar-refractivity contribution is 5.73. The lowest BCUT2D eigenvalue weighted by molar-refractivity contribution is 0.199. The number of aliphatic hydroxyl groups excluding tert-OH is 1. The number of hydrogen-bond acceptors (Lipinski definition) is 3. The van der Waals surface area contributed by atoms with Crippen molar-refractivity contribution < 1.29 is 5.11 Å². The van der Waals surface area contributed by atoms with Crippen LogP contribution in [0.5, 0.6) is 0 Å². The van der Waals surface area contributed by atoms with E-state index in [-0.39, 0.29) is 0 Å². The minimum atomic E-state index is -0.487. The SMILES string of the molecule is CC(O)c1cnc2cccnc2c1. The van der Waals surface area contributed by atoms with E-state index in [0.717, 1.165) is 16.6 Å². The third-order valence-electron chi connectivity index (χ3n) is 1.95. The monoisotopic (exact) mass is 174 g/mol. The Hall–Kier alpha value is -1.48. The predicted molar refractivity (Wildman–Crippen MR) is 50.2 cm³/mol. The summed E-state index contributed by atoms with van der Waals surface area (Å²) in [7, 11) is 0. The van der Waals surface area contributed by atoms with Gasteiger partial charge in [-0.2, -0.15) is 0 Å². The lowest BCUT2D eigenvalue weighted by atomic mass is 10.1. The van der Waals surface area contributed by atoms with Gasteiger partial charge in [0.25, 0.3) is 0 Å². The van der Waals surface area contributed by atoms with E-state index in [2.05, 4.69) is 9.97 Å². The number of nitrogens with zero attached hydrogens (tertiary/aromatic N) is 2. The first kappa shape index (κ1) is 8.13. The molecule has 0 aliphatic rings. The van der Waals surface area contributed by atoms with Crippen LogP contribution in [0, 0.1) is 0 Å². The Morgan fingerprint density at radius 2 is 2.15 bits per heavy atom. The molecule has 66 valence electrons. The topological polar surface area (TPSA) is 46.0 Å². The van der Waals surface area contributed by atoms with Gasteiger partial charge in [0, 0.05) is 18.0 Å². The van der Waals surface area contributed by atoms with Gasteiger partial charge in [-0.3, -0.25) is 9.97 Å². The van der Waals surface area contributed by atoms with Gasteiger partial charge in [-0.15, -0.1) is 0 Å². The molecule has 3 heteroatoms. The number of hydrogen-bond donors (Lipinski definition) is 1. The first-order chi connectivity index (χ1) is 6.27. The summed E-state index contributed by atoms with van der Waals surface area (Å²) < 4.78 is 0. The highest BCUT2D eigenvalue weighted by Gasteiger charge is 2.02. The Morgan fingerprint density at radius 1 is 1.31 bits per heavy atom. The molecule has 1 atom stereocenters. The second-order valence-electron chi connectivity index (χ2n) is 2.99. The van der Waals surface area contributed by atoms with Crippen molar-refractivity contribution in [3.05, 3.63) is 36.2 Å². The molecule has 0 saturated heterocycles. The molecule has 0 aliphatic heterocycles. The fourth-order valence-electron chi connectivity index (χ4n) is 1.20. The summed E-state index contributed by atoms with van der Waals surface area (Å²) in [5, 5.41) is 9.32. The summed E-state index contributed by atoms with van der Waals surface area (Å²) in [6.07, 6.45) is 2.91. The number of aliphatic hydroxyl groups is 1. The van der Waals surface area contributed by atoms with Crippen molar-refractivity contribution in [1.29, 1.82) is 0 Å². The Morgan fingerprint density at radius 3 is 2.92 bits per heavy atom.